The Kier molecular flexibility index (Phi) is 5.53. The molecule has 4 rings (SSSR count). The summed E-state index contributed by atoms with van der Waals surface area (Å²) in [5, 5.41) is 10.0. The normalized spacial score (nSPS) is 23.6. The highest BCUT2D eigenvalue weighted by molar-refractivity contribution is 6.09. The molecule has 3 unspecified atom stereocenters. The highest BCUT2D eigenvalue weighted by Gasteiger charge is 2.44. The number of benzene rings is 2. The third kappa shape index (κ3) is 3.67. The number of phenols is 1. The first-order valence-electron chi connectivity index (χ1n) is 10.3. The van der Waals surface area contributed by atoms with Gasteiger partial charge in [0.2, 0.25) is 0 Å². The lowest BCUT2D eigenvalue weighted by molar-refractivity contribution is -0.146. The molecule has 0 radical (unpaired) electrons. The zero-order chi connectivity index (χ0) is 21.3. The summed E-state index contributed by atoms with van der Waals surface area (Å²) in [6.45, 7) is 3.83. The van der Waals surface area contributed by atoms with E-state index in [-0.39, 0.29) is 24.1 Å². The highest BCUT2D eigenvalue weighted by atomic mass is 16.5. The molecule has 0 amide bonds. The number of aliphatic imine (C=N–C) groups is 1. The number of hydrogen-bond acceptors (Lipinski definition) is 5. The Hall–Kier alpha value is -3.21. The lowest BCUT2D eigenvalue weighted by Crippen LogP contribution is -2.38. The number of rotatable bonds is 4. The predicted octanol–water partition coefficient (Wildman–Crippen LogP) is 4.53. The summed E-state index contributed by atoms with van der Waals surface area (Å²) in [5.41, 5.74) is 3.80. The van der Waals surface area contributed by atoms with Crippen molar-refractivity contribution in [3.05, 3.63) is 77.0 Å². The Morgan fingerprint density at radius 1 is 1.10 bits per heavy atom. The van der Waals surface area contributed by atoms with Gasteiger partial charge in [-0.2, -0.15) is 0 Å². The van der Waals surface area contributed by atoms with Crippen molar-refractivity contribution >= 4 is 17.5 Å². The standard InChI is InChI=1S/C25H25NO4/c1-3-30-25(29)22-15(2)26-20-13-18(16-8-5-4-6-9-16)14-21(28)24(20)23(22)17-10-7-11-19(27)12-17/h4-12,18,22-23,27H,3,13-14H2,1-2H3. The average Bonchev–Trinajstić information content (AvgIpc) is 2.73. The molecule has 30 heavy (non-hydrogen) atoms. The molecule has 0 saturated carbocycles. The minimum absolute atomic E-state index is 0.00370. The first-order chi connectivity index (χ1) is 14.5. The molecule has 154 valence electrons. The lowest BCUT2D eigenvalue weighted by Gasteiger charge is -2.36. The maximum Gasteiger partial charge on any atom is 0.315 e. The highest BCUT2D eigenvalue weighted by Crippen LogP contribution is 2.47. The van der Waals surface area contributed by atoms with Crippen LogP contribution in [-0.2, 0) is 14.3 Å². The van der Waals surface area contributed by atoms with Crippen LogP contribution in [0.15, 0.2) is 70.9 Å². The van der Waals surface area contributed by atoms with Gasteiger partial charge in [0, 0.05) is 29.3 Å². The SMILES string of the molecule is CCOC(=O)C1C(C)=NC2=C(C(=O)CC(c3ccccc3)C2)C1c1cccc(O)c1. The molecule has 5 nitrogen and oxygen atoms in total. The van der Waals surface area contributed by atoms with E-state index in [1.54, 1.807) is 25.1 Å². The molecule has 1 aliphatic heterocycles. The molecule has 3 atom stereocenters. The second-order valence-corrected chi connectivity index (χ2v) is 7.85. The van der Waals surface area contributed by atoms with Crippen molar-refractivity contribution in [1.29, 1.82) is 0 Å². The fraction of sp³-hybridized carbons (Fsp3) is 0.320. The first kappa shape index (κ1) is 20.1. The van der Waals surface area contributed by atoms with E-state index in [2.05, 4.69) is 0 Å². The Balaban J connectivity index is 1.81. The van der Waals surface area contributed by atoms with Gasteiger partial charge in [0.15, 0.2) is 5.78 Å². The van der Waals surface area contributed by atoms with E-state index < -0.39 is 17.8 Å². The van der Waals surface area contributed by atoms with Crippen LogP contribution in [0.5, 0.6) is 5.75 Å². The van der Waals surface area contributed by atoms with Gasteiger partial charge >= 0.3 is 5.97 Å². The fourth-order valence-electron chi connectivity index (χ4n) is 4.64. The van der Waals surface area contributed by atoms with Crippen molar-refractivity contribution in [1.82, 2.24) is 0 Å². The molecule has 0 bridgehead atoms. The van der Waals surface area contributed by atoms with E-state index >= 15 is 0 Å². The maximum atomic E-state index is 13.4. The Morgan fingerprint density at radius 2 is 1.83 bits per heavy atom. The van der Waals surface area contributed by atoms with Crippen LogP contribution in [0.25, 0.3) is 0 Å². The van der Waals surface area contributed by atoms with Gasteiger partial charge in [-0.1, -0.05) is 42.5 Å². The van der Waals surface area contributed by atoms with Crippen LogP contribution in [0.3, 0.4) is 0 Å². The summed E-state index contributed by atoms with van der Waals surface area (Å²) < 4.78 is 5.32. The number of carbonyl (C=O) groups excluding carboxylic acids is 2. The number of phenolic OH excluding ortho intramolecular Hbond substituents is 1. The average molecular weight is 403 g/mol. The molecule has 0 saturated heterocycles. The molecule has 1 N–H and O–H groups in total. The van der Waals surface area contributed by atoms with Gasteiger partial charge in [0.1, 0.15) is 11.7 Å². The van der Waals surface area contributed by atoms with Crippen LogP contribution >= 0.6 is 0 Å². The number of carbonyl (C=O) groups is 2. The number of aromatic hydroxyl groups is 1. The fourth-order valence-corrected chi connectivity index (χ4v) is 4.64. The number of esters is 1. The number of Topliss-reactive ketones (excluding diaryl/α,β-unsaturated/α-hetero) is 1. The van der Waals surface area contributed by atoms with Gasteiger partial charge in [-0.3, -0.25) is 14.6 Å². The van der Waals surface area contributed by atoms with Crippen molar-refractivity contribution in [2.45, 2.75) is 38.5 Å². The van der Waals surface area contributed by atoms with Crippen LogP contribution in [-0.4, -0.2) is 29.2 Å². The van der Waals surface area contributed by atoms with Crippen molar-refractivity contribution in [3.8, 4) is 5.75 Å². The molecule has 5 heteroatoms. The quantitative estimate of drug-likeness (QED) is 0.761. The van der Waals surface area contributed by atoms with Gasteiger partial charge in [0.25, 0.3) is 0 Å². The Morgan fingerprint density at radius 3 is 2.53 bits per heavy atom. The van der Waals surface area contributed by atoms with Gasteiger partial charge in [0.05, 0.1) is 6.61 Å². The summed E-state index contributed by atoms with van der Waals surface area (Å²) in [6.07, 6.45) is 1.02. The van der Waals surface area contributed by atoms with Crippen LogP contribution in [0, 0.1) is 5.92 Å². The molecular weight excluding hydrogens is 378 g/mol. The van der Waals surface area contributed by atoms with Gasteiger partial charge in [-0.25, -0.2) is 0 Å². The van der Waals surface area contributed by atoms with Crippen LogP contribution in [0.1, 0.15) is 49.7 Å². The van der Waals surface area contributed by atoms with Crippen molar-refractivity contribution in [2.24, 2.45) is 10.9 Å². The Bertz CT molecular complexity index is 1040. The van der Waals surface area contributed by atoms with Crippen LogP contribution in [0.2, 0.25) is 0 Å². The zero-order valence-corrected chi connectivity index (χ0v) is 17.2. The van der Waals surface area contributed by atoms with Crippen LogP contribution < -0.4 is 0 Å². The molecule has 2 aromatic carbocycles. The summed E-state index contributed by atoms with van der Waals surface area (Å²) in [6, 6.07) is 16.8. The van der Waals surface area contributed by atoms with Gasteiger partial charge < -0.3 is 9.84 Å². The zero-order valence-electron chi connectivity index (χ0n) is 17.2. The molecule has 1 aliphatic carbocycles. The molecular formula is C25H25NO4. The minimum atomic E-state index is -0.678. The van der Waals surface area contributed by atoms with E-state index in [1.807, 2.05) is 43.3 Å². The molecule has 0 fully saturated rings. The maximum absolute atomic E-state index is 13.4. The van der Waals surface area contributed by atoms with Crippen molar-refractivity contribution in [3.63, 3.8) is 0 Å². The largest absolute Gasteiger partial charge is 0.508 e. The van der Waals surface area contributed by atoms with Gasteiger partial charge in [-0.05, 0) is 49.4 Å². The van der Waals surface area contributed by atoms with Crippen molar-refractivity contribution in [2.75, 3.05) is 6.61 Å². The minimum Gasteiger partial charge on any atom is -0.508 e. The van der Waals surface area contributed by atoms with Gasteiger partial charge in [-0.15, -0.1) is 0 Å². The topological polar surface area (TPSA) is 76.0 Å². The second kappa shape index (κ2) is 8.27. The van der Waals surface area contributed by atoms with E-state index in [0.29, 0.717) is 24.1 Å². The molecule has 0 aromatic heterocycles. The Labute approximate surface area is 176 Å². The third-order valence-corrected chi connectivity index (χ3v) is 5.93. The molecule has 1 heterocycles. The van der Waals surface area contributed by atoms with Crippen molar-refractivity contribution < 1.29 is 19.4 Å². The lowest BCUT2D eigenvalue weighted by atomic mass is 9.69. The summed E-state index contributed by atoms with van der Waals surface area (Å²) in [5.74, 6) is -1.41. The monoisotopic (exact) mass is 403 g/mol. The van der Waals surface area contributed by atoms with E-state index in [0.717, 1.165) is 16.8 Å². The van der Waals surface area contributed by atoms with Crippen LogP contribution in [0.4, 0.5) is 0 Å². The third-order valence-electron chi connectivity index (χ3n) is 5.93. The molecule has 2 aliphatic rings. The number of ketones is 1. The molecule has 0 spiro atoms. The summed E-state index contributed by atoms with van der Waals surface area (Å²) in [7, 11) is 0. The summed E-state index contributed by atoms with van der Waals surface area (Å²) >= 11 is 0. The number of hydrogen-bond donors (Lipinski definition) is 1. The first-order valence-corrected chi connectivity index (χ1v) is 10.3. The smallest absolute Gasteiger partial charge is 0.315 e. The van der Waals surface area contributed by atoms with E-state index in [1.165, 1.54) is 0 Å². The molecule has 2 aromatic rings. The summed E-state index contributed by atoms with van der Waals surface area (Å²) in [4.78, 5) is 30.9. The van der Waals surface area contributed by atoms with E-state index in [4.69, 9.17) is 9.73 Å². The number of nitrogens with zero attached hydrogens (tertiary/aromatic N) is 1. The number of ether oxygens (including phenoxy) is 1. The van der Waals surface area contributed by atoms with E-state index in [9.17, 15) is 14.7 Å². The predicted molar refractivity (Wildman–Crippen MR) is 115 cm³/mol. The number of allylic oxidation sites excluding steroid dienone is 2. The second-order valence-electron chi connectivity index (χ2n) is 7.85.